The SMILES string of the molecule is CC(OS(C)(=O)=O)c1cnc(C(F)(F)F)nc1. The summed E-state index contributed by atoms with van der Waals surface area (Å²) in [6, 6.07) is 0. The van der Waals surface area contributed by atoms with Crippen molar-refractivity contribution < 1.29 is 25.8 Å². The largest absolute Gasteiger partial charge is 0.451 e. The van der Waals surface area contributed by atoms with Crippen molar-refractivity contribution >= 4 is 10.1 Å². The van der Waals surface area contributed by atoms with E-state index in [4.69, 9.17) is 0 Å². The molecule has 0 aliphatic carbocycles. The van der Waals surface area contributed by atoms with Gasteiger partial charge in [0.1, 0.15) is 6.10 Å². The Morgan fingerprint density at radius 2 is 1.76 bits per heavy atom. The monoisotopic (exact) mass is 270 g/mol. The van der Waals surface area contributed by atoms with Gasteiger partial charge in [0.25, 0.3) is 10.1 Å². The first-order valence-corrected chi connectivity index (χ1v) is 6.18. The third-order valence-electron chi connectivity index (χ3n) is 1.71. The Bertz CT molecular complexity index is 484. The summed E-state index contributed by atoms with van der Waals surface area (Å²) >= 11 is 0. The summed E-state index contributed by atoms with van der Waals surface area (Å²) in [5.41, 5.74) is 0.142. The van der Waals surface area contributed by atoms with Crippen molar-refractivity contribution in [1.29, 1.82) is 0 Å². The molecule has 1 aromatic rings. The molecule has 0 radical (unpaired) electrons. The number of hydrogen-bond acceptors (Lipinski definition) is 5. The molecule has 96 valence electrons. The fourth-order valence-corrected chi connectivity index (χ4v) is 1.65. The number of aromatic nitrogens is 2. The summed E-state index contributed by atoms with van der Waals surface area (Å²) in [4.78, 5) is 6.18. The molecular weight excluding hydrogens is 261 g/mol. The van der Waals surface area contributed by atoms with Gasteiger partial charge < -0.3 is 0 Å². The molecule has 0 aromatic carbocycles. The molecule has 9 heteroatoms. The van der Waals surface area contributed by atoms with E-state index in [0.717, 1.165) is 18.6 Å². The third-order valence-corrected chi connectivity index (χ3v) is 2.35. The van der Waals surface area contributed by atoms with Crippen LogP contribution in [0.3, 0.4) is 0 Å². The van der Waals surface area contributed by atoms with Crippen LogP contribution < -0.4 is 0 Å². The molecule has 0 amide bonds. The highest BCUT2D eigenvalue weighted by Gasteiger charge is 2.34. The molecular formula is C8H9F3N2O3S. The van der Waals surface area contributed by atoms with E-state index in [1.165, 1.54) is 6.92 Å². The van der Waals surface area contributed by atoms with Crippen LogP contribution in [0.4, 0.5) is 13.2 Å². The normalized spacial score (nSPS) is 14.6. The van der Waals surface area contributed by atoms with Crippen molar-refractivity contribution in [2.75, 3.05) is 6.26 Å². The van der Waals surface area contributed by atoms with Crippen molar-refractivity contribution in [2.24, 2.45) is 0 Å². The van der Waals surface area contributed by atoms with Crippen molar-refractivity contribution in [1.82, 2.24) is 9.97 Å². The Morgan fingerprint density at radius 3 is 2.12 bits per heavy atom. The van der Waals surface area contributed by atoms with Gasteiger partial charge in [-0.2, -0.15) is 21.6 Å². The smallest absolute Gasteiger partial charge is 0.262 e. The van der Waals surface area contributed by atoms with Crippen molar-refractivity contribution in [3.05, 3.63) is 23.8 Å². The summed E-state index contributed by atoms with van der Waals surface area (Å²) in [6.07, 6.45) is -2.96. The lowest BCUT2D eigenvalue weighted by molar-refractivity contribution is -0.145. The minimum Gasteiger partial charge on any atom is -0.262 e. The number of alkyl halides is 3. The molecule has 0 spiro atoms. The second-order valence-electron chi connectivity index (χ2n) is 3.28. The second kappa shape index (κ2) is 4.57. The first kappa shape index (κ1) is 13.8. The maximum absolute atomic E-state index is 12.1. The number of rotatable bonds is 3. The quantitative estimate of drug-likeness (QED) is 0.779. The summed E-state index contributed by atoms with van der Waals surface area (Å²) in [7, 11) is -3.69. The molecule has 0 aliphatic rings. The minimum atomic E-state index is -4.63. The molecule has 0 aliphatic heterocycles. The molecule has 1 rings (SSSR count). The molecule has 0 saturated carbocycles. The fourth-order valence-electron chi connectivity index (χ4n) is 1.01. The Labute approximate surface area is 95.8 Å². The standard InChI is InChI=1S/C8H9F3N2O3S/c1-5(16-17(2,14)15)6-3-12-7(13-4-6)8(9,10)11/h3-5H,1-2H3. The van der Waals surface area contributed by atoms with Crippen LogP contribution in [0, 0.1) is 0 Å². The molecule has 17 heavy (non-hydrogen) atoms. The lowest BCUT2D eigenvalue weighted by atomic mass is 10.2. The van der Waals surface area contributed by atoms with E-state index < -0.39 is 28.2 Å². The van der Waals surface area contributed by atoms with Crippen LogP contribution in [-0.2, 0) is 20.5 Å². The molecule has 0 fully saturated rings. The van der Waals surface area contributed by atoms with E-state index in [-0.39, 0.29) is 5.56 Å². The van der Waals surface area contributed by atoms with Crippen LogP contribution in [-0.4, -0.2) is 24.6 Å². The minimum absolute atomic E-state index is 0.142. The lowest BCUT2D eigenvalue weighted by Crippen LogP contribution is -2.13. The highest BCUT2D eigenvalue weighted by atomic mass is 32.2. The number of halogens is 3. The zero-order chi connectivity index (χ0) is 13.3. The Morgan fingerprint density at radius 1 is 1.29 bits per heavy atom. The van der Waals surface area contributed by atoms with Gasteiger partial charge in [-0.3, -0.25) is 4.18 Å². The van der Waals surface area contributed by atoms with Gasteiger partial charge in [-0.25, -0.2) is 9.97 Å². The van der Waals surface area contributed by atoms with Crippen molar-refractivity contribution in [3.63, 3.8) is 0 Å². The molecule has 1 aromatic heterocycles. The molecule has 1 heterocycles. The zero-order valence-electron chi connectivity index (χ0n) is 8.89. The van der Waals surface area contributed by atoms with Gasteiger partial charge in [0.05, 0.1) is 6.26 Å². The molecule has 0 N–H and O–H groups in total. The molecule has 1 atom stereocenters. The van der Waals surface area contributed by atoms with Crippen LogP contribution in [0.25, 0.3) is 0 Å². The van der Waals surface area contributed by atoms with E-state index in [1.54, 1.807) is 0 Å². The van der Waals surface area contributed by atoms with Crippen LogP contribution >= 0.6 is 0 Å². The van der Waals surface area contributed by atoms with Gasteiger partial charge in [0, 0.05) is 18.0 Å². The summed E-state index contributed by atoms with van der Waals surface area (Å²) in [6.45, 7) is 1.37. The number of nitrogens with zero attached hydrogens (tertiary/aromatic N) is 2. The van der Waals surface area contributed by atoms with E-state index in [9.17, 15) is 21.6 Å². The Kier molecular flexibility index (Phi) is 3.72. The van der Waals surface area contributed by atoms with E-state index in [1.807, 2.05) is 0 Å². The van der Waals surface area contributed by atoms with Gasteiger partial charge in [-0.1, -0.05) is 0 Å². The van der Waals surface area contributed by atoms with E-state index in [0.29, 0.717) is 0 Å². The van der Waals surface area contributed by atoms with E-state index >= 15 is 0 Å². The van der Waals surface area contributed by atoms with Crippen LogP contribution in [0.1, 0.15) is 24.4 Å². The first-order chi connectivity index (χ1) is 7.59. The average molecular weight is 270 g/mol. The maximum atomic E-state index is 12.1. The zero-order valence-corrected chi connectivity index (χ0v) is 9.71. The Hall–Kier alpha value is -1.22. The second-order valence-corrected chi connectivity index (χ2v) is 4.88. The van der Waals surface area contributed by atoms with Gasteiger partial charge in [0.15, 0.2) is 0 Å². The molecule has 1 unspecified atom stereocenters. The van der Waals surface area contributed by atoms with Crippen LogP contribution in [0.5, 0.6) is 0 Å². The average Bonchev–Trinajstić information content (AvgIpc) is 2.14. The predicted molar refractivity (Wildman–Crippen MR) is 51.4 cm³/mol. The third kappa shape index (κ3) is 4.27. The van der Waals surface area contributed by atoms with E-state index in [2.05, 4.69) is 14.2 Å². The highest BCUT2D eigenvalue weighted by molar-refractivity contribution is 7.86. The van der Waals surface area contributed by atoms with Crippen LogP contribution in [0.15, 0.2) is 12.4 Å². The molecule has 0 bridgehead atoms. The van der Waals surface area contributed by atoms with Gasteiger partial charge in [-0.05, 0) is 6.92 Å². The van der Waals surface area contributed by atoms with Gasteiger partial charge >= 0.3 is 6.18 Å². The predicted octanol–water partition coefficient (Wildman–Crippen LogP) is 1.53. The fraction of sp³-hybridized carbons (Fsp3) is 0.500. The first-order valence-electron chi connectivity index (χ1n) is 4.37. The van der Waals surface area contributed by atoms with Crippen molar-refractivity contribution in [3.8, 4) is 0 Å². The van der Waals surface area contributed by atoms with Crippen molar-refractivity contribution in [2.45, 2.75) is 19.2 Å². The lowest BCUT2D eigenvalue weighted by Gasteiger charge is -2.11. The van der Waals surface area contributed by atoms with Gasteiger partial charge in [-0.15, -0.1) is 0 Å². The van der Waals surface area contributed by atoms with Crippen LogP contribution in [0.2, 0.25) is 0 Å². The summed E-state index contributed by atoms with van der Waals surface area (Å²) in [5, 5.41) is 0. The molecule has 0 saturated heterocycles. The summed E-state index contributed by atoms with van der Waals surface area (Å²) < 4.78 is 62.6. The maximum Gasteiger partial charge on any atom is 0.451 e. The highest BCUT2D eigenvalue weighted by Crippen LogP contribution is 2.26. The summed E-state index contributed by atoms with van der Waals surface area (Å²) in [5.74, 6) is -1.28. The molecule has 5 nitrogen and oxygen atoms in total. The number of hydrogen-bond donors (Lipinski definition) is 0. The Balaban J connectivity index is 2.88. The topological polar surface area (TPSA) is 69.2 Å². The van der Waals surface area contributed by atoms with Gasteiger partial charge in [0.2, 0.25) is 5.82 Å².